The van der Waals surface area contributed by atoms with Crippen LogP contribution in [0.25, 0.3) is 0 Å². The van der Waals surface area contributed by atoms with E-state index in [0.29, 0.717) is 30.3 Å². The highest BCUT2D eigenvalue weighted by atomic mass is 19.1. The summed E-state index contributed by atoms with van der Waals surface area (Å²) in [5, 5.41) is 11.2. The van der Waals surface area contributed by atoms with Crippen LogP contribution in [0.15, 0.2) is 30.5 Å². The van der Waals surface area contributed by atoms with Gasteiger partial charge in [0.25, 0.3) is 0 Å². The summed E-state index contributed by atoms with van der Waals surface area (Å²) >= 11 is 0. The van der Waals surface area contributed by atoms with Crippen molar-refractivity contribution in [2.24, 2.45) is 0 Å². The van der Waals surface area contributed by atoms with E-state index < -0.39 is 0 Å². The van der Waals surface area contributed by atoms with Crippen molar-refractivity contribution in [1.82, 2.24) is 15.2 Å². The number of halogens is 1. The van der Waals surface area contributed by atoms with Crippen molar-refractivity contribution in [3.63, 3.8) is 0 Å². The average Bonchev–Trinajstić information content (AvgIpc) is 2.54. The van der Waals surface area contributed by atoms with Gasteiger partial charge in [0, 0.05) is 20.1 Å². The molecule has 0 amide bonds. The number of benzene rings is 1. The summed E-state index contributed by atoms with van der Waals surface area (Å²) < 4.78 is 13.5. The SMILES string of the molecule is CCCCN(C)c1nncc(NCCc2ccccc2F)n1. The van der Waals surface area contributed by atoms with Crippen LogP contribution in [0.1, 0.15) is 25.3 Å². The van der Waals surface area contributed by atoms with Gasteiger partial charge in [0.2, 0.25) is 5.95 Å². The average molecular weight is 303 g/mol. The van der Waals surface area contributed by atoms with Crippen molar-refractivity contribution in [1.29, 1.82) is 0 Å². The molecular weight excluding hydrogens is 281 g/mol. The maximum atomic E-state index is 13.5. The van der Waals surface area contributed by atoms with E-state index in [4.69, 9.17) is 0 Å². The van der Waals surface area contributed by atoms with Crippen LogP contribution in [0, 0.1) is 5.82 Å². The molecule has 0 fully saturated rings. The molecule has 118 valence electrons. The molecule has 2 rings (SSSR count). The van der Waals surface area contributed by atoms with Crippen LogP contribution < -0.4 is 10.2 Å². The van der Waals surface area contributed by atoms with E-state index in [0.717, 1.165) is 19.4 Å². The molecule has 0 saturated carbocycles. The second kappa shape index (κ2) is 8.26. The normalized spacial score (nSPS) is 10.5. The molecule has 6 heteroatoms. The number of unbranched alkanes of at least 4 members (excludes halogenated alkanes) is 1. The zero-order chi connectivity index (χ0) is 15.8. The third-order valence-corrected chi connectivity index (χ3v) is 3.39. The molecule has 0 aliphatic carbocycles. The van der Waals surface area contributed by atoms with Crippen LogP contribution in [-0.2, 0) is 6.42 Å². The number of nitrogens with one attached hydrogen (secondary N) is 1. The first-order valence-electron chi connectivity index (χ1n) is 7.59. The van der Waals surface area contributed by atoms with Gasteiger partial charge >= 0.3 is 0 Å². The number of anilines is 2. The monoisotopic (exact) mass is 303 g/mol. The third kappa shape index (κ3) is 4.65. The molecule has 5 nitrogen and oxygen atoms in total. The molecule has 1 N–H and O–H groups in total. The van der Waals surface area contributed by atoms with Crippen molar-refractivity contribution in [2.45, 2.75) is 26.2 Å². The number of rotatable bonds is 8. The summed E-state index contributed by atoms with van der Waals surface area (Å²) in [5.41, 5.74) is 0.692. The number of nitrogens with zero attached hydrogens (tertiary/aromatic N) is 4. The predicted molar refractivity (Wildman–Crippen MR) is 86.6 cm³/mol. The fraction of sp³-hybridized carbons (Fsp3) is 0.438. The van der Waals surface area contributed by atoms with E-state index in [9.17, 15) is 4.39 Å². The minimum absolute atomic E-state index is 0.176. The van der Waals surface area contributed by atoms with Crippen LogP contribution in [0.5, 0.6) is 0 Å². The number of aromatic nitrogens is 3. The van der Waals surface area contributed by atoms with Crippen LogP contribution in [0.4, 0.5) is 16.2 Å². The van der Waals surface area contributed by atoms with Crippen molar-refractivity contribution >= 4 is 11.8 Å². The van der Waals surface area contributed by atoms with E-state index in [-0.39, 0.29) is 5.82 Å². The van der Waals surface area contributed by atoms with Gasteiger partial charge in [-0.15, -0.1) is 5.10 Å². The first-order valence-corrected chi connectivity index (χ1v) is 7.59. The summed E-state index contributed by atoms with van der Waals surface area (Å²) in [6.45, 7) is 3.64. The summed E-state index contributed by atoms with van der Waals surface area (Å²) in [4.78, 5) is 6.41. The number of hydrogen-bond donors (Lipinski definition) is 1. The Balaban J connectivity index is 1.89. The molecule has 0 aliphatic heterocycles. The van der Waals surface area contributed by atoms with Gasteiger partial charge < -0.3 is 10.2 Å². The topological polar surface area (TPSA) is 53.9 Å². The van der Waals surface area contributed by atoms with E-state index >= 15 is 0 Å². The molecule has 0 saturated heterocycles. The highest BCUT2D eigenvalue weighted by molar-refractivity contribution is 5.38. The number of hydrogen-bond acceptors (Lipinski definition) is 5. The minimum Gasteiger partial charge on any atom is -0.368 e. The van der Waals surface area contributed by atoms with E-state index in [1.807, 2.05) is 18.0 Å². The Morgan fingerprint density at radius 1 is 1.27 bits per heavy atom. The molecule has 0 radical (unpaired) electrons. The van der Waals surface area contributed by atoms with E-state index in [1.54, 1.807) is 18.3 Å². The Morgan fingerprint density at radius 3 is 2.86 bits per heavy atom. The zero-order valence-corrected chi connectivity index (χ0v) is 13.1. The van der Waals surface area contributed by atoms with Crippen molar-refractivity contribution in [3.05, 3.63) is 41.8 Å². The fourth-order valence-corrected chi connectivity index (χ4v) is 2.06. The largest absolute Gasteiger partial charge is 0.368 e. The lowest BCUT2D eigenvalue weighted by Crippen LogP contribution is -2.22. The summed E-state index contributed by atoms with van der Waals surface area (Å²) in [5.74, 6) is 1.08. The van der Waals surface area contributed by atoms with Gasteiger partial charge in [-0.2, -0.15) is 10.1 Å². The first-order chi connectivity index (χ1) is 10.7. The maximum absolute atomic E-state index is 13.5. The smallest absolute Gasteiger partial charge is 0.247 e. The standard InChI is InChI=1S/C16H22FN5/c1-3-4-11-22(2)16-20-15(12-19-21-16)18-10-9-13-7-5-6-8-14(13)17/h5-8,12H,3-4,9-11H2,1-2H3,(H,18,20,21). The quantitative estimate of drug-likeness (QED) is 0.812. The van der Waals surface area contributed by atoms with Crippen molar-refractivity contribution in [3.8, 4) is 0 Å². The Labute approximate surface area is 130 Å². The van der Waals surface area contributed by atoms with Crippen molar-refractivity contribution in [2.75, 3.05) is 30.4 Å². The minimum atomic E-state index is -0.176. The molecule has 1 aromatic carbocycles. The molecule has 0 bridgehead atoms. The second-order valence-corrected chi connectivity index (χ2v) is 5.18. The Kier molecular flexibility index (Phi) is 6.06. The van der Waals surface area contributed by atoms with Gasteiger partial charge in [0.15, 0.2) is 5.82 Å². The summed E-state index contributed by atoms with van der Waals surface area (Å²) in [6, 6.07) is 6.80. The van der Waals surface area contributed by atoms with Crippen LogP contribution in [0.3, 0.4) is 0 Å². The Morgan fingerprint density at radius 2 is 2.09 bits per heavy atom. The lowest BCUT2D eigenvalue weighted by Gasteiger charge is -2.16. The predicted octanol–water partition coefficient (Wildman–Crippen LogP) is 2.90. The molecule has 0 spiro atoms. The van der Waals surface area contributed by atoms with E-state index in [1.165, 1.54) is 6.07 Å². The van der Waals surface area contributed by atoms with Gasteiger partial charge in [0.05, 0.1) is 6.20 Å². The highest BCUT2D eigenvalue weighted by Gasteiger charge is 2.06. The third-order valence-electron chi connectivity index (χ3n) is 3.39. The van der Waals surface area contributed by atoms with E-state index in [2.05, 4.69) is 27.4 Å². The molecule has 0 aliphatic rings. The molecule has 0 atom stereocenters. The molecule has 1 heterocycles. The lowest BCUT2D eigenvalue weighted by molar-refractivity contribution is 0.610. The zero-order valence-electron chi connectivity index (χ0n) is 13.1. The van der Waals surface area contributed by atoms with Gasteiger partial charge in [-0.3, -0.25) is 0 Å². The van der Waals surface area contributed by atoms with Gasteiger partial charge in [-0.05, 0) is 24.5 Å². The van der Waals surface area contributed by atoms with Crippen molar-refractivity contribution < 1.29 is 4.39 Å². The van der Waals surface area contributed by atoms with Crippen LogP contribution >= 0.6 is 0 Å². The van der Waals surface area contributed by atoms with Gasteiger partial charge in [-0.25, -0.2) is 4.39 Å². The summed E-state index contributed by atoms with van der Waals surface area (Å²) in [7, 11) is 1.95. The molecular formula is C16H22FN5. The fourth-order valence-electron chi connectivity index (χ4n) is 2.06. The lowest BCUT2D eigenvalue weighted by atomic mass is 10.1. The van der Waals surface area contributed by atoms with Crippen LogP contribution in [-0.4, -0.2) is 35.3 Å². The Bertz CT molecular complexity index is 590. The highest BCUT2D eigenvalue weighted by Crippen LogP contribution is 2.10. The maximum Gasteiger partial charge on any atom is 0.247 e. The molecule has 0 unspecified atom stereocenters. The Hall–Kier alpha value is -2.24. The van der Waals surface area contributed by atoms with Crippen LogP contribution in [0.2, 0.25) is 0 Å². The molecule has 22 heavy (non-hydrogen) atoms. The first kappa shape index (κ1) is 16.1. The van der Waals surface area contributed by atoms with Gasteiger partial charge in [-0.1, -0.05) is 31.5 Å². The van der Waals surface area contributed by atoms with Gasteiger partial charge in [0.1, 0.15) is 5.82 Å². The molecule has 2 aromatic rings. The second-order valence-electron chi connectivity index (χ2n) is 5.18. The summed E-state index contributed by atoms with van der Waals surface area (Å²) in [6.07, 6.45) is 4.39. The molecule has 1 aromatic heterocycles.